The summed E-state index contributed by atoms with van der Waals surface area (Å²) in [6.45, 7) is 0. The summed E-state index contributed by atoms with van der Waals surface area (Å²) in [6.07, 6.45) is 1.95. The van der Waals surface area contributed by atoms with Crippen LogP contribution in [0.2, 0.25) is 0 Å². The number of amides is 1. The third-order valence-corrected chi connectivity index (χ3v) is 5.92. The Morgan fingerprint density at radius 3 is 2.63 bits per heavy atom. The van der Waals surface area contributed by atoms with Crippen LogP contribution < -0.4 is 10.6 Å². The Kier molecular flexibility index (Phi) is 5.41. The van der Waals surface area contributed by atoms with E-state index in [0.717, 1.165) is 0 Å². The lowest BCUT2D eigenvalue weighted by atomic mass is 10.2. The van der Waals surface area contributed by atoms with Crippen LogP contribution >= 0.6 is 0 Å². The Balaban J connectivity index is 1.63. The number of nitrogens with zero attached hydrogens (tertiary/aromatic N) is 1. The van der Waals surface area contributed by atoms with Crippen LogP contribution in [0.5, 0.6) is 0 Å². The highest BCUT2D eigenvalue weighted by atomic mass is 32.2. The van der Waals surface area contributed by atoms with Crippen molar-refractivity contribution in [3.8, 4) is 0 Å². The summed E-state index contributed by atoms with van der Waals surface area (Å²) >= 11 is 0. The molecule has 1 saturated heterocycles. The SMILES string of the molecule is COC(=O)c1cccc(NC(=O)c2ccc(NC3CCS(=O)(=O)C3)nc2)c1. The van der Waals surface area contributed by atoms with Crippen molar-refractivity contribution >= 4 is 33.2 Å². The molecule has 0 spiro atoms. The lowest BCUT2D eigenvalue weighted by Crippen LogP contribution is -2.21. The van der Waals surface area contributed by atoms with Crippen LogP contribution in [0.3, 0.4) is 0 Å². The number of esters is 1. The molecule has 0 saturated carbocycles. The number of hydrogen-bond donors (Lipinski definition) is 2. The van der Waals surface area contributed by atoms with Crippen molar-refractivity contribution in [3.05, 3.63) is 53.7 Å². The average molecular weight is 389 g/mol. The van der Waals surface area contributed by atoms with E-state index in [0.29, 0.717) is 29.1 Å². The zero-order chi connectivity index (χ0) is 19.4. The van der Waals surface area contributed by atoms with E-state index in [2.05, 4.69) is 20.4 Å². The summed E-state index contributed by atoms with van der Waals surface area (Å²) in [7, 11) is -1.68. The minimum Gasteiger partial charge on any atom is -0.465 e. The van der Waals surface area contributed by atoms with Crippen LogP contribution in [0, 0.1) is 0 Å². The number of aromatic nitrogens is 1. The first-order chi connectivity index (χ1) is 12.9. The molecule has 1 amide bonds. The summed E-state index contributed by atoms with van der Waals surface area (Å²) in [4.78, 5) is 28.1. The monoisotopic (exact) mass is 389 g/mol. The van der Waals surface area contributed by atoms with Crippen LogP contribution in [0.4, 0.5) is 11.5 Å². The number of ether oxygens (including phenoxy) is 1. The molecule has 1 aromatic carbocycles. The highest BCUT2D eigenvalue weighted by Gasteiger charge is 2.27. The van der Waals surface area contributed by atoms with Gasteiger partial charge in [-0.25, -0.2) is 18.2 Å². The van der Waals surface area contributed by atoms with Gasteiger partial charge in [-0.1, -0.05) is 6.07 Å². The molecule has 2 heterocycles. The van der Waals surface area contributed by atoms with Crippen molar-refractivity contribution in [1.29, 1.82) is 0 Å². The quantitative estimate of drug-likeness (QED) is 0.748. The van der Waals surface area contributed by atoms with Crippen LogP contribution in [0.1, 0.15) is 27.1 Å². The Morgan fingerprint density at radius 2 is 2.00 bits per heavy atom. The Bertz CT molecular complexity index is 957. The third kappa shape index (κ3) is 4.82. The molecule has 1 fully saturated rings. The van der Waals surface area contributed by atoms with Gasteiger partial charge in [0.2, 0.25) is 0 Å². The molecule has 1 unspecified atom stereocenters. The summed E-state index contributed by atoms with van der Waals surface area (Å²) in [5, 5.41) is 5.76. The minimum absolute atomic E-state index is 0.0907. The first kappa shape index (κ1) is 18.8. The highest BCUT2D eigenvalue weighted by Crippen LogP contribution is 2.17. The van der Waals surface area contributed by atoms with Gasteiger partial charge in [-0.05, 0) is 36.8 Å². The topological polar surface area (TPSA) is 114 Å². The first-order valence-corrected chi connectivity index (χ1v) is 10.1. The van der Waals surface area contributed by atoms with Crippen molar-refractivity contribution in [2.45, 2.75) is 12.5 Å². The van der Waals surface area contributed by atoms with E-state index in [9.17, 15) is 18.0 Å². The number of pyridine rings is 1. The number of sulfone groups is 1. The smallest absolute Gasteiger partial charge is 0.337 e. The lowest BCUT2D eigenvalue weighted by Gasteiger charge is -2.12. The number of benzene rings is 1. The van der Waals surface area contributed by atoms with E-state index in [-0.39, 0.29) is 23.5 Å². The van der Waals surface area contributed by atoms with Gasteiger partial charge in [0.1, 0.15) is 5.82 Å². The fraction of sp³-hybridized carbons (Fsp3) is 0.278. The normalized spacial score (nSPS) is 17.9. The molecule has 1 aliphatic rings. The van der Waals surface area contributed by atoms with E-state index >= 15 is 0 Å². The molecular formula is C18H19N3O5S. The second-order valence-electron chi connectivity index (χ2n) is 6.20. The Hall–Kier alpha value is -2.94. The largest absolute Gasteiger partial charge is 0.465 e. The molecule has 2 N–H and O–H groups in total. The van der Waals surface area contributed by atoms with Gasteiger partial charge in [-0.15, -0.1) is 0 Å². The molecule has 1 aromatic heterocycles. The number of anilines is 2. The zero-order valence-corrected chi connectivity index (χ0v) is 15.5. The van der Waals surface area contributed by atoms with E-state index in [4.69, 9.17) is 0 Å². The van der Waals surface area contributed by atoms with Crippen molar-refractivity contribution in [2.75, 3.05) is 29.2 Å². The number of hydrogen-bond acceptors (Lipinski definition) is 7. The number of nitrogens with one attached hydrogen (secondary N) is 2. The maximum atomic E-state index is 12.3. The van der Waals surface area contributed by atoms with Gasteiger partial charge in [0.15, 0.2) is 9.84 Å². The highest BCUT2D eigenvalue weighted by molar-refractivity contribution is 7.91. The Labute approximate surface area is 156 Å². The Morgan fingerprint density at radius 1 is 1.19 bits per heavy atom. The van der Waals surface area contributed by atoms with Crippen LogP contribution in [0.15, 0.2) is 42.6 Å². The van der Waals surface area contributed by atoms with Crippen molar-refractivity contribution in [3.63, 3.8) is 0 Å². The molecular weight excluding hydrogens is 370 g/mol. The molecule has 1 aliphatic heterocycles. The van der Waals surface area contributed by atoms with Gasteiger partial charge < -0.3 is 15.4 Å². The van der Waals surface area contributed by atoms with E-state index in [1.807, 2.05) is 0 Å². The third-order valence-electron chi connectivity index (χ3n) is 4.15. The maximum Gasteiger partial charge on any atom is 0.337 e. The first-order valence-electron chi connectivity index (χ1n) is 8.29. The molecule has 2 aromatic rings. The van der Waals surface area contributed by atoms with E-state index in [1.165, 1.54) is 19.4 Å². The molecule has 0 aliphatic carbocycles. The number of rotatable bonds is 5. The molecule has 1 atom stereocenters. The minimum atomic E-state index is -2.97. The molecule has 0 radical (unpaired) electrons. The van der Waals surface area contributed by atoms with Crippen molar-refractivity contribution in [1.82, 2.24) is 4.98 Å². The predicted molar refractivity (Wildman–Crippen MR) is 101 cm³/mol. The zero-order valence-electron chi connectivity index (χ0n) is 14.6. The van der Waals surface area contributed by atoms with Gasteiger partial charge in [0.25, 0.3) is 5.91 Å². The van der Waals surface area contributed by atoms with Crippen LogP contribution in [0.25, 0.3) is 0 Å². The number of carbonyl (C=O) groups is 2. The lowest BCUT2D eigenvalue weighted by molar-refractivity contribution is 0.0600. The van der Waals surface area contributed by atoms with Crippen molar-refractivity contribution < 1.29 is 22.7 Å². The average Bonchev–Trinajstić information content (AvgIpc) is 3.00. The molecule has 8 nitrogen and oxygen atoms in total. The van der Waals surface area contributed by atoms with Crippen molar-refractivity contribution in [2.24, 2.45) is 0 Å². The fourth-order valence-electron chi connectivity index (χ4n) is 2.78. The second-order valence-corrected chi connectivity index (χ2v) is 8.43. The van der Waals surface area contributed by atoms with Crippen LogP contribution in [-0.4, -0.2) is 49.9 Å². The van der Waals surface area contributed by atoms with Gasteiger partial charge in [0, 0.05) is 17.9 Å². The fourth-order valence-corrected chi connectivity index (χ4v) is 4.45. The summed E-state index contributed by atoms with van der Waals surface area (Å²) in [5.74, 6) is -0.0820. The summed E-state index contributed by atoms with van der Waals surface area (Å²) in [6, 6.07) is 9.48. The number of methoxy groups -OCH3 is 1. The molecule has 0 bridgehead atoms. The maximum absolute atomic E-state index is 12.3. The number of carbonyl (C=O) groups excluding carboxylic acids is 2. The standard InChI is InChI=1S/C18H19N3O5S/c1-26-18(23)12-3-2-4-14(9-12)21-17(22)13-5-6-16(19-10-13)20-15-7-8-27(24,25)11-15/h2-6,9-10,15H,7-8,11H2,1H3,(H,19,20)(H,21,22). The molecule has 142 valence electrons. The van der Waals surface area contributed by atoms with Gasteiger partial charge in [-0.2, -0.15) is 0 Å². The van der Waals surface area contributed by atoms with Gasteiger partial charge in [-0.3, -0.25) is 4.79 Å². The second kappa shape index (κ2) is 7.75. The summed E-state index contributed by atoms with van der Waals surface area (Å²) < 4.78 is 27.6. The molecule has 9 heteroatoms. The van der Waals surface area contributed by atoms with Crippen LogP contribution in [-0.2, 0) is 14.6 Å². The molecule has 3 rings (SSSR count). The molecule has 27 heavy (non-hydrogen) atoms. The van der Waals surface area contributed by atoms with E-state index in [1.54, 1.807) is 30.3 Å². The predicted octanol–water partition coefficient (Wildman–Crippen LogP) is 1.72. The summed E-state index contributed by atoms with van der Waals surface area (Å²) in [5.41, 5.74) is 1.13. The van der Waals surface area contributed by atoms with Gasteiger partial charge in [0.05, 0.1) is 29.7 Å². The van der Waals surface area contributed by atoms with E-state index < -0.39 is 15.8 Å². The van der Waals surface area contributed by atoms with Gasteiger partial charge >= 0.3 is 5.97 Å².